The van der Waals surface area contributed by atoms with E-state index in [2.05, 4.69) is 93.1 Å². The van der Waals surface area contributed by atoms with Crippen LogP contribution in [0.3, 0.4) is 0 Å². The first kappa shape index (κ1) is 18.5. The Hall–Kier alpha value is -2.87. The van der Waals surface area contributed by atoms with Crippen molar-refractivity contribution in [1.82, 2.24) is 9.55 Å². The van der Waals surface area contributed by atoms with Crippen molar-refractivity contribution in [2.24, 2.45) is 0 Å². The summed E-state index contributed by atoms with van der Waals surface area (Å²) in [6, 6.07) is 19.8. The van der Waals surface area contributed by atoms with Crippen LogP contribution in [0.4, 0.5) is 0 Å². The van der Waals surface area contributed by atoms with Gasteiger partial charge in [0.25, 0.3) is 0 Å². The van der Waals surface area contributed by atoms with E-state index >= 15 is 0 Å². The fraction of sp³-hybridized carbons (Fsp3) is 0.269. The molecule has 0 spiro atoms. The van der Waals surface area contributed by atoms with Gasteiger partial charge >= 0.3 is 0 Å². The van der Waals surface area contributed by atoms with E-state index in [0.29, 0.717) is 5.92 Å². The van der Waals surface area contributed by atoms with E-state index in [1.54, 1.807) is 0 Å². The summed E-state index contributed by atoms with van der Waals surface area (Å²) in [5, 5.41) is 1.23. The first-order chi connectivity index (χ1) is 13.6. The maximum Gasteiger partial charge on any atom is 0.0715 e. The quantitative estimate of drug-likeness (QED) is 0.373. The average molecular weight is 369 g/mol. The normalized spacial score (nSPS) is 11.5. The van der Waals surface area contributed by atoms with Crippen molar-refractivity contribution in [3.05, 3.63) is 83.7 Å². The number of aryl methyl sites for hydroxylation is 2. The highest BCUT2D eigenvalue weighted by Gasteiger charge is 2.12. The molecule has 0 N–H and O–H groups in total. The van der Waals surface area contributed by atoms with Crippen molar-refractivity contribution >= 4 is 10.9 Å². The lowest BCUT2D eigenvalue weighted by molar-refractivity contribution is 0.864. The van der Waals surface area contributed by atoms with Crippen molar-refractivity contribution in [1.29, 1.82) is 0 Å². The molecule has 0 fully saturated rings. The molecule has 4 aromatic rings. The largest absolute Gasteiger partial charge is 0.315 e. The lowest BCUT2D eigenvalue weighted by Crippen LogP contribution is -1.98. The minimum absolute atomic E-state index is 0.518. The summed E-state index contributed by atoms with van der Waals surface area (Å²) in [4.78, 5) is 4.89. The lowest BCUT2D eigenvalue weighted by Gasteiger charge is -2.13. The summed E-state index contributed by atoms with van der Waals surface area (Å²) >= 11 is 0. The van der Waals surface area contributed by atoms with E-state index in [0.717, 1.165) is 24.1 Å². The van der Waals surface area contributed by atoms with Crippen LogP contribution in [0.15, 0.2) is 67.0 Å². The van der Waals surface area contributed by atoms with Crippen LogP contribution in [0.1, 0.15) is 50.3 Å². The molecular weight excluding hydrogens is 340 g/mol. The molecule has 0 amide bonds. The van der Waals surface area contributed by atoms with Gasteiger partial charge in [-0.25, -0.2) is 0 Å². The van der Waals surface area contributed by atoms with Gasteiger partial charge in [-0.05, 0) is 59.7 Å². The van der Waals surface area contributed by atoms with Gasteiger partial charge in [-0.15, -0.1) is 0 Å². The Morgan fingerprint density at radius 3 is 2.29 bits per heavy atom. The highest BCUT2D eigenvalue weighted by Crippen LogP contribution is 2.31. The van der Waals surface area contributed by atoms with Crippen molar-refractivity contribution in [2.75, 3.05) is 0 Å². The molecule has 2 nitrogen and oxygen atoms in total. The standard InChI is InChI=1S/C26H28N2/c1-5-19-9-7-10-20(6-2)26(19)24-16-22-13-14-28(25(22)17-27-24)23-12-8-11-21(15-23)18(3)4/h7-18H,5-6H2,1-4H3. The van der Waals surface area contributed by atoms with Gasteiger partial charge < -0.3 is 4.57 Å². The molecule has 0 saturated heterocycles. The number of aromatic nitrogens is 2. The Balaban J connectivity index is 1.83. The van der Waals surface area contributed by atoms with Crippen LogP contribution in [0.25, 0.3) is 27.8 Å². The molecule has 4 rings (SSSR count). The molecule has 2 aromatic heterocycles. The number of benzene rings is 2. The Bertz CT molecular complexity index is 1100. The zero-order valence-corrected chi connectivity index (χ0v) is 17.2. The summed E-state index contributed by atoms with van der Waals surface area (Å²) in [6.07, 6.45) is 6.22. The van der Waals surface area contributed by atoms with Gasteiger partial charge in [-0.1, -0.05) is 58.0 Å². The van der Waals surface area contributed by atoms with Crippen LogP contribution in [0.2, 0.25) is 0 Å². The van der Waals surface area contributed by atoms with Gasteiger partial charge in [0, 0.05) is 22.8 Å². The van der Waals surface area contributed by atoms with Crippen LogP contribution in [0, 0.1) is 0 Å². The van der Waals surface area contributed by atoms with Gasteiger partial charge in [0.1, 0.15) is 0 Å². The van der Waals surface area contributed by atoms with Gasteiger partial charge in [0.15, 0.2) is 0 Å². The van der Waals surface area contributed by atoms with E-state index in [1.807, 2.05) is 6.20 Å². The number of pyridine rings is 1. The van der Waals surface area contributed by atoms with Gasteiger partial charge in [0.05, 0.1) is 17.4 Å². The smallest absolute Gasteiger partial charge is 0.0715 e. The Labute approximate surface area is 167 Å². The number of rotatable bonds is 5. The Kier molecular flexibility index (Phi) is 5.04. The fourth-order valence-electron chi connectivity index (χ4n) is 4.00. The highest BCUT2D eigenvalue weighted by molar-refractivity contribution is 5.86. The Morgan fingerprint density at radius 2 is 1.61 bits per heavy atom. The molecule has 2 heterocycles. The summed E-state index contributed by atoms with van der Waals surface area (Å²) in [6.45, 7) is 8.90. The van der Waals surface area contributed by atoms with Gasteiger partial charge in [-0.2, -0.15) is 0 Å². The summed E-state index contributed by atoms with van der Waals surface area (Å²) in [5.74, 6) is 0.518. The predicted molar refractivity (Wildman–Crippen MR) is 119 cm³/mol. The van der Waals surface area contributed by atoms with Gasteiger partial charge in [0.2, 0.25) is 0 Å². The first-order valence-electron chi connectivity index (χ1n) is 10.3. The van der Waals surface area contributed by atoms with Crippen LogP contribution >= 0.6 is 0 Å². The van der Waals surface area contributed by atoms with Crippen LogP contribution in [-0.4, -0.2) is 9.55 Å². The number of hydrogen-bond acceptors (Lipinski definition) is 1. The summed E-state index contributed by atoms with van der Waals surface area (Å²) in [5.41, 5.74) is 8.83. The van der Waals surface area contributed by atoms with Crippen LogP contribution in [-0.2, 0) is 12.8 Å². The third-order valence-electron chi connectivity index (χ3n) is 5.65. The molecule has 0 aliphatic carbocycles. The molecule has 2 heteroatoms. The molecule has 0 radical (unpaired) electrons. The van der Waals surface area contributed by atoms with E-state index in [4.69, 9.17) is 4.98 Å². The molecule has 2 aromatic carbocycles. The second kappa shape index (κ2) is 7.63. The zero-order chi connectivity index (χ0) is 19.7. The van der Waals surface area contributed by atoms with E-state index < -0.39 is 0 Å². The van der Waals surface area contributed by atoms with E-state index in [-0.39, 0.29) is 0 Å². The molecule has 0 bridgehead atoms. The van der Waals surface area contributed by atoms with Gasteiger partial charge in [-0.3, -0.25) is 4.98 Å². The van der Waals surface area contributed by atoms with Crippen LogP contribution < -0.4 is 0 Å². The zero-order valence-electron chi connectivity index (χ0n) is 17.2. The van der Waals surface area contributed by atoms with Crippen LogP contribution in [0.5, 0.6) is 0 Å². The second-order valence-electron chi connectivity index (χ2n) is 7.72. The monoisotopic (exact) mass is 368 g/mol. The topological polar surface area (TPSA) is 17.8 Å². The minimum atomic E-state index is 0.518. The fourth-order valence-corrected chi connectivity index (χ4v) is 4.00. The maximum atomic E-state index is 4.89. The van der Waals surface area contributed by atoms with Crippen molar-refractivity contribution in [2.45, 2.75) is 46.5 Å². The minimum Gasteiger partial charge on any atom is -0.315 e. The number of fused-ring (bicyclic) bond motifs is 1. The number of hydrogen-bond donors (Lipinski definition) is 0. The summed E-state index contributed by atoms with van der Waals surface area (Å²) < 4.78 is 2.24. The van der Waals surface area contributed by atoms with E-state index in [1.165, 1.54) is 33.3 Å². The third kappa shape index (κ3) is 3.24. The third-order valence-corrected chi connectivity index (χ3v) is 5.65. The molecule has 28 heavy (non-hydrogen) atoms. The molecule has 142 valence electrons. The average Bonchev–Trinajstić information content (AvgIpc) is 3.16. The van der Waals surface area contributed by atoms with Crippen molar-refractivity contribution in [3.63, 3.8) is 0 Å². The molecule has 0 atom stereocenters. The second-order valence-corrected chi connectivity index (χ2v) is 7.72. The predicted octanol–water partition coefficient (Wildman–Crippen LogP) is 6.94. The van der Waals surface area contributed by atoms with Crippen molar-refractivity contribution < 1.29 is 0 Å². The molecule has 0 aliphatic rings. The highest BCUT2D eigenvalue weighted by atomic mass is 15.0. The Morgan fingerprint density at radius 1 is 0.893 bits per heavy atom. The summed E-state index contributed by atoms with van der Waals surface area (Å²) in [7, 11) is 0. The van der Waals surface area contributed by atoms with E-state index in [9.17, 15) is 0 Å². The molecule has 0 aliphatic heterocycles. The first-order valence-corrected chi connectivity index (χ1v) is 10.3. The molecular formula is C26H28N2. The lowest BCUT2D eigenvalue weighted by atomic mass is 9.94. The molecule has 0 unspecified atom stereocenters. The molecule has 0 saturated carbocycles. The van der Waals surface area contributed by atoms with Crippen molar-refractivity contribution in [3.8, 4) is 16.9 Å². The SMILES string of the molecule is CCc1cccc(CC)c1-c1cc2ccn(-c3cccc(C(C)C)c3)c2cn1. The number of nitrogens with zero attached hydrogens (tertiary/aromatic N) is 2. The maximum absolute atomic E-state index is 4.89.